The minimum Gasteiger partial charge on any atom is -0.258 e. The van der Waals surface area contributed by atoms with Crippen LogP contribution in [0.4, 0.5) is 5.69 Å². The van der Waals surface area contributed by atoms with Gasteiger partial charge in [0.25, 0.3) is 5.69 Å². The van der Waals surface area contributed by atoms with Crippen molar-refractivity contribution in [3.8, 4) is 10.6 Å². The van der Waals surface area contributed by atoms with E-state index in [-0.39, 0.29) is 10.6 Å². The van der Waals surface area contributed by atoms with Gasteiger partial charge in [0, 0.05) is 11.4 Å². The highest BCUT2D eigenvalue weighted by molar-refractivity contribution is 7.14. The van der Waals surface area contributed by atoms with Crippen molar-refractivity contribution in [3.63, 3.8) is 0 Å². The molecule has 6 heteroatoms. The van der Waals surface area contributed by atoms with Crippen molar-refractivity contribution in [3.05, 3.63) is 67.8 Å². The maximum absolute atomic E-state index is 11.0. The molecule has 0 amide bonds. The average Bonchev–Trinajstić information content (AvgIpc) is 3.16. The van der Waals surface area contributed by atoms with Gasteiger partial charge in [0.15, 0.2) is 0 Å². The summed E-state index contributed by atoms with van der Waals surface area (Å²) in [6.07, 6.45) is 3.54. The first-order valence-corrected chi connectivity index (χ1v) is 7.91. The van der Waals surface area contributed by atoms with Crippen LogP contribution in [0.1, 0.15) is 10.6 Å². The summed E-state index contributed by atoms with van der Waals surface area (Å²) in [4.78, 5) is 16.2. The van der Waals surface area contributed by atoms with Gasteiger partial charge in [-0.15, -0.1) is 22.7 Å². The van der Waals surface area contributed by atoms with E-state index in [1.165, 1.54) is 17.4 Å². The number of para-hydroxylation sites is 1. The lowest BCUT2D eigenvalue weighted by Gasteiger charge is -1.95. The first kappa shape index (κ1) is 13.7. The summed E-state index contributed by atoms with van der Waals surface area (Å²) in [5.74, 6) is 0. The second kappa shape index (κ2) is 5.99. The molecule has 1 aromatic carbocycles. The van der Waals surface area contributed by atoms with Crippen LogP contribution in [0.2, 0.25) is 0 Å². The molecule has 0 radical (unpaired) electrons. The summed E-state index contributed by atoms with van der Waals surface area (Å²) in [5, 5.41) is 15.8. The zero-order valence-electron chi connectivity index (χ0n) is 10.8. The molecule has 0 aliphatic heterocycles. The Morgan fingerprint density at radius 3 is 2.71 bits per heavy atom. The number of aromatic nitrogens is 1. The van der Waals surface area contributed by atoms with Crippen LogP contribution in [0.5, 0.6) is 0 Å². The van der Waals surface area contributed by atoms with Gasteiger partial charge in [-0.1, -0.05) is 18.2 Å². The van der Waals surface area contributed by atoms with Gasteiger partial charge in [-0.25, -0.2) is 4.98 Å². The van der Waals surface area contributed by atoms with Crippen LogP contribution in [-0.4, -0.2) is 9.91 Å². The van der Waals surface area contributed by atoms with Crippen molar-refractivity contribution < 1.29 is 4.92 Å². The highest BCUT2D eigenvalue weighted by Crippen LogP contribution is 2.27. The minimum absolute atomic E-state index is 0.101. The lowest BCUT2D eigenvalue weighted by atomic mass is 10.1. The SMILES string of the molecule is O=[N+]([O-])c1ccccc1/C=C/c1nc(-c2cccs2)cs1. The Morgan fingerprint density at radius 2 is 1.95 bits per heavy atom. The minimum atomic E-state index is -0.376. The molecule has 2 heterocycles. The van der Waals surface area contributed by atoms with Crippen LogP contribution >= 0.6 is 22.7 Å². The number of hydrogen-bond acceptors (Lipinski definition) is 5. The number of hydrogen-bond donors (Lipinski definition) is 0. The van der Waals surface area contributed by atoms with Crippen molar-refractivity contribution in [2.45, 2.75) is 0 Å². The molecule has 0 saturated carbocycles. The standard InChI is InChI=1S/C15H10N2O2S2/c18-17(19)13-5-2-1-4-11(13)7-8-15-16-12(10-21-15)14-6-3-9-20-14/h1-10H/b8-7+. The third-order valence-corrected chi connectivity index (χ3v) is 4.54. The van der Waals surface area contributed by atoms with E-state index in [4.69, 9.17) is 0 Å². The Kier molecular flexibility index (Phi) is 3.89. The summed E-state index contributed by atoms with van der Waals surface area (Å²) in [7, 11) is 0. The zero-order valence-corrected chi connectivity index (χ0v) is 12.4. The second-order valence-corrected chi connectivity index (χ2v) is 6.03. The van der Waals surface area contributed by atoms with Gasteiger partial charge >= 0.3 is 0 Å². The van der Waals surface area contributed by atoms with Gasteiger partial charge in [-0.05, 0) is 29.7 Å². The Hall–Kier alpha value is -2.31. The molecule has 21 heavy (non-hydrogen) atoms. The van der Waals surface area contributed by atoms with Gasteiger partial charge in [-0.3, -0.25) is 10.1 Å². The molecular formula is C15H10N2O2S2. The number of thiophene rings is 1. The second-order valence-electron chi connectivity index (χ2n) is 4.20. The van der Waals surface area contributed by atoms with Crippen LogP contribution in [0.3, 0.4) is 0 Å². The Morgan fingerprint density at radius 1 is 1.10 bits per heavy atom. The fourth-order valence-corrected chi connectivity index (χ4v) is 3.33. The molecule has 0 atom stereocenters. The van der Waals surface area contributed by atoms with Gasteiger partial charge in [0.2, 0.25) is 0 Å². The summed E-state index contributed by atoms with van der Waals surface area (Å²) < 4.78 is 0. The van der Waals surface area contributed by atoms with Crippen LogP contribution in [0.25, 0.3) is 22.7 Å². The Labute approximate surface area is 129 Å². The van der Waals surface area contributed by atoms with E-state index in [2.05, 4.69) is 4.98 Å². The summed E-state index contributed by atoms with van der Waals surface area (Å²) >= 11 is 3.16. The predicted molar refractivity (Wildman–Crippen MR) is 87.5 cm³/mol. The normalized spacial score (nSPS) is 11.0. The first-order valence-electron chi connectivity index (χ1n) is 6.15. The molecule has 3 rings (SSSR count). The number of nitro groups is 1. The van der Waals surface area contributed by atoms with Gasteiger partial charge in [0.1, 0.15) is 5.01 Å². The molecule has 0 unspecified atom stereocenters. The molecule has 0 saturated heterocycles. The first-order chi connectivity index (χ1) is 10.2. The van der Waals surface area contributed by atoms with Crippen LogP contribution in [0, 0.1) is 10.1 Å². The maximum Gasteiger partial charge on any atom is 0.276 e. The molecular weight excluding hydrogens is 304 g/mol. The number of nitro benzene ring substituents is 1. The van der Waals surface area contributed by atoms with Crippen molar-refractivity contribution in [1.82, 2.24) is 4.98 Å². The predicted octanol–water partition coefficient (Wildman–Crippen LogP) is 4.95. The Balaban J connectivity index is 1.86. The molecule has 104 valence electrons. The molecule has 0 fully saturated rings. The number of rotatable bonds is 4. The molecule has 0 spiro atoms. The van der Waals surface area contributed by atoms with E-state index in [0.29, 0.717) is 5.56 Å². The fourth-order valence-electron chi connectivity index (χ4n) is 1.86. The van der Waals surface area contributed by atoms with Crippen LogP contribution in [0.15, 0.2) is 47.2 Å². The third kappa shape index (κ3) is 3.07. The molecule has 0 aliphatic rings. The zero-order chi connectivity index (χ0) is 14.7. The van der Waals surface area contributed by atoms with E-state index in [1.54, 1.807) is 35.6 Å². The largest absolute Gasteiger partial charge is 0.276 e. The van der Waals surface area contributed by atoms with Crippen LogP contribution in [-0.2, 0) is 0 Å². The van der Waals surface area contributed by atoms with Crippen molar-refractivity contribution in [2.24, 2.45) is 0 Å². The number of benzene rings is 1. The van der Waals surface area contributed by atoms with Gasteiger partial charge in [-0.2, -0.15) is 0 Å². The molecule has 0 bridgehead atoms. The highest BCUT2D eigenvalue weighted by atomic mass is 32.1. The smallest absolute Gasteiger partial charge is 0.258 e. The maximum atomic E-state index is 11.0. The van der Waals surface area contributed by atoms with Crippen molar-refractivity contribution in [2.75, 3.05) is 0 Å². The summed E-state index contributed by atoms with van der Waals surface area (Å²) in [6.45, 7) is 0. The molecule has 0 aliphatic carbocycles. The van der Waals surface area contributed by atoms with Gasteiger partial charge in [0.05, 0.1) is 21.1 Å². The summed E-state index contributed by atoms with van der Waals surface area (Å²) in [6, 6.07) is 10.7. The quantitative estimate of drug-likeness (QED) is 0.505. The molecule has 4 nitrogen and oxygen atoms in total. The van der Waals surface area contributed by atoms with E-state index in [1.807, 2.05) is 29.0 Å². The lowest BCUT2D eigenvalue weighted by Crippen LogP contribution is -1.90. The fraction of sp³-hybridized carbons (Fsp3) is 0. The van der Waals surface area contributed by atoms with E-state index in [0.717, 1.165) is 15.6 Å². The molecule has 0 N–H and O–H groups in total. The van der Waals surface area contributed by atoms with Crippen molar-refractivity contribution >= 4 is 40.5 Å². The van der Waals surface area contributed by atoms with Crippen molar-refractivity contribution in [1.29, 1.82) is 0 Å². The van der Waals surface area contributed by atoms with Gasteiger partial charge < -0.3 is 0 Å². The Bertz CT molecular complexity index is 792. The topological polar surface area (TPSA) is 56.0 Å². The number of thiazole rings is 1. The van der Waals surface area contributed by atoms with E-state index < -0.39 is 0 Å². The van der Waals surface area contributed by atoms with E-state index >= 15 is 0 Å². The van der Waals surface area contributed by atoms with Crippen LogP contribution < -0.4 is 0 Å². The van der Waals surface area contributed by atoms with E-state index in [9.17, 15) is 10.1 Å². The lowest BCUT2D eigenvalue weighted by molar-refractivity contribution is -0.385. The average molecular weight is 314 g/mol. The molecule has 3 aromatic rings. The molecule has 2 aromatic heterocycles. The third-order valence-electron chi connectivity index (χ3n) is 2.83. The summed E-state index contributed by atoms with van der Waals surface area (Å²) in [5.41, 5.74) is 1.62. The number of nitrogens with zero attached hydrogens (tertiary/aromatic N) is 2. The monoisotopic (exact) mass is 314 g/mol. The highest BCUT2D eigenvalue weighted by Gasteiger charge is 2.09.